The first-order chi connectivity index (χ1) is 13.7. The van der Waals surface area contributed by atoms with Crippen LogP contribution >= 0.6 is 0 Å². The lowest BCUT2D eigenvalue weighted by Gasteiger charge is -2.32. The molecule has 0 unspecified atom stereocenters. The van der Waals surface area contributed by atoms with E-state index in [1.165, 1.54) is 21.6 Å². The third kappa shape index (κ3) is 4.42. The molecular formula is C23H26N2O3. The Balaban J connectivity index is 1.23. The van der Waals surface area contributed by atoms with Gasteiger partial charge < -0.3 is 4.74 Å². The van der Waals surface area contributed by atoms with Crippen molar-refractivity contribution in [1.82, 2.24) is 9.80 Å². The lowest BCUT2D eigenvalue weighted by Crippen LogP contribution is -2.36. The molecule has 0 aromatic heterocycles. The van der Waals surface area contributed by atoms with Crippen LogP contribution in [0.5, 0.6) is 0 Å². The molecule has 5 heteroatoms. The molecule has 0 atom stereocenters. The zero-order chi connectivity index (χ0) is 19.3. The first-order valence-corrected chi connectivity index (χ1v) is 10.0. The average molecular weight is 378 g/mol. The van der Waals surface area contributed by atoms with Crippen molar-refractivity contribution in [3.8, 4) is 11.1 Å². The van der Waals surface area contributed by atoms with Crippen molar-refractivity contribution in [2.45, 2.75) is 25.8 Å². The summed E-state index contributed by atoms with van der Waals surface area (Å²) in [6.45, 7) is 3.48. The number of nitrogens with zero attached hydrogens (tertiary/aromatic N) is 2. The van der Waals surface area contributed by atoms with Gasteiger partial charge in [-0.05, 0) is 55.0 Å². The highest BCUT2D eigenvalue weighted by molar-refractivity contribution is 5.97. The van der Waals surface area contributed by atoms with Gasteiger partial charge in [0.2, 0.25) is 0 Å². The predicted molar refractivity (Wildman–Crippen MR) is 108 cm³/mol. The number of benzene rings is 2. The van der Waals surface area contributed by atoms with Crippen LogP contribution in [-0.2, 0) is 16.1 Å². The summed E-state index contributed by atoms with van der Waals surface area (Å²) in [6, 6.07) is 19.3. The maximum atomic E-state index is 11.6. The highest BCUT2D eigenvalue weighted by atomic mass is 16.6. The number of cyclic esters (lactones) is 1. The zero-order valence-electron chi connectivity index (χ0n) is 16.0. The Morgan fingerprint density at radius 1 is 0.893 bits per heavy atom. The second-order valence-electron chi connectivity index (χ2n) is 7.67. The van der Waals surface area contributed by atoms with Gasteiger partial charge in [0.05, 0.1) is 0 Å². The fraction of sp³-hybridized carbons (Fsp3) is 0.391. The number of likely N-dealkylation sites (tertiary alicyclic amines) is 1. The molecule has 2 heterocycles. The lowest BCUT2D eigenvalue weighted by molar-refractivity contribution is -0.126. The summed E-state index contributed by atoms with van der Waals surface area (Å²) < 4.78 is 4.77. The van der Waals surface area contributed by atoms with Gasteiger partial charge in [0.1, 0.15) is 0 Å². The summed E-state index contributed by atoms with van der Waals surface area (Å²) in [6.07, 6.45) is 2.61. The SMILES string of the molecule is O=C1COC(=O)N1CCC1CCN(Cc2ccc(-c3ccccc3)cc2)CC1. The zero-order valence-corrected chi connectivity index (χ0v) is 16.0. The molecule has 2 amide bonds. The van der Waals surface area contributed by atoms with Crippen molar-refractivity contribution in [3.05, 3.63) is 60.2 Å². The predicted octanol–water partition coefficient (Wildman–Crippen LogP) is 3.93. The van der Waals surface area contributed by atoms with E-state index in [2.05, 4.69) is 53.4 Å². The molecule has 2 aliphatic heterocycles. The van der Waals surface area contributed by atoms with Crippen LogP contribution in [0.2, 0.25) is 0 Å². The number of hydrogen-bond donors (Lipinski definition) is 0. The molecule has 0 bridgehead atoms. The maximum absolute atomic E-state index is 11.6. The van der Waals surface area contributed by atoms with Crippen molar-refractivity contribution in [2.75, 3.05) is 26.2 Å². The first kappa shape index (κ1) is 18.7. The monoisotopic (exact) mass is 378 g/mol. The number of hydrogen-bond acceptors (Lipinski definition) is 4. The number of carbonyl (C=O) groups excluding carboxylic acids is 2. The van der Waals surface area contributed by atoms with E-state index < -0.39 is 6.09 Å². The summed E-state index contributed by atoms with van der Waals surface area (Å²) >= 11 is 0. The Morgan fingerprint density at radius 2 is 1.57 bits per heavy atom. The van der Waals surface area contributed by atoms with Crippen LogP contribution in [0.15, 0.2) is 54.6 Å². The van der Waals surface area contributed by atoms with Crippen LogP contribution in [0.3, 0.4) is 0 Å². The van der Waals surface area contributed by atoms with Gasteiger partial charge in [0, 0.05) is 13.1 Å². The molecule has 2 aromatic carbocycles. The standard InChI is InChI=1S/C23H26N2O3/c26-22-17-28-23(27)25(22)15-12-18-10-13-24(14-11-18)16-19-6-8-21(9-7-19)20-4-2-1-3-5-20/h1-9,18H,10-17H2. The van der Waals surface area contributed by atoms with E-state index in [-0.39, 0.29) is 12.5 Å². The quantitative estimate of drug-likeness (QED) is 0.764. The van der Waals surface area contributed by atoms with Crippen molar-refractivity contribution in [1.29, 1.82) is 0 Å². The third-order valence-electron chi connectivity index (χ3n) is 5.78. The highest BCUT2D eigenvalue weighted by Gasteiger charge is 2.31. The van der Waals surface area contributed by atoms with E-state index >= 15 is 0 Å². The molecule has 2 saturated heterocycles. The van der Waals surface area contributed by atoms with Crippen molar-refractivity contribution in [2.24, 2.45) is 5.92 Å². The molecule has 28 heavy (non-hydrogen) atoms. The van der Waals surface area contributed by atoms with Gasteiger partial charge in [-0.2, -0.15) is 0 Å². The first-order valence-electron chi connectivity index (χ1n) is 10.0. The van der Waals surface area contributed by atoms with Crippen LogP contribution in [0.4, 0.5) is 4.79 Å². The number of carbonyl (C=O) groups is 2. The molecule has 2 fully saturated rings. The van der Waals surface area contributed by atoms with E-state index in [0.717, 1.165) is 38.9 Å². The van der Waals surface area contributed by atoms with Crippen LogP contribution in [0.1, 0.15) is 24.8 Å². The average Bonchev–Trinajstić information content (AvgIpc) is 3.06. The van der Waals surface area contributed by atoms with E-state index in [4.69, 9.17) is 4.74 Å². The van der Waals surface area contributed by atoms with E-state index in [1.807, 2.05) is 6.07 Å². The smallest absolute Gasteiger partial charge is 0.417 e. The fourth-order valence-corrected chi connectivity index (χ4v) is 4.03. The Bertz CT molecular complexity index is 796. The molecule has 0 N–H and O–H groups in total. The topological polar surface area (TPSA) is 49.9 Å². The lowest BCUT2D eigenvalue weighted by atomic mass is 9.93. The summed E-state index contributed by atoms with van der Waals surface area (Å²) in [7, 11) is 0. The van der Waals surface area contributed by atoms with E-state index in [1.54, 1.807) is 0 Å². The normalized spacial score (nSPS) is 18.5. The summed E-state index contributed by atoms with van der Waals surface area (Å²) in [5.74, 6) is 0.360. The molecule has 0 spiro atoms. The van der Waals surface area contributed by atoms with Crippen LogP contribution < -0.4 is 0 Å². The number of amides is 2. The number of ether oxygens (including phenoxy) is 1. The minimum absolute atomic E-state index is 0.0969. The molecule has 2 aromatic rings. The Kier molecular flexibility index (Phi) is 5.72. The second-order valence-corrected chi connectivity index (χ2v) is 7.67. The summed E-state index contributed by atoms with van der Waals surface area (Å²) in [5.41, 5.74) is 3.83. The maximum Gasteiger partial charge on any atom is 0.417 e. The van der Waals surface area contributed by atoms with Crippen LogP contribution in [0, 0.1) is 5.92 Å². The van der Waals surface area contributed by atoms with Gasteiger partial charge in [-0.25, -0.2) is 9.69 Å². The molecule has 0 radical (unpaired) electrons. The summed E-state index contributed by atoms with van der Waals surface area (Å²) in [5, 5.41) is 0. The molecular weight excluding hydrogens is 352 g/mol. The Morgan fingerprint density at radius 3 is 2.21 bits per heavy atom. The summed E-state index contributed by atoms with van der Waals surface area (Å²) in [4.78, 5) is 26.8. The van der Waals surface area contributed by atoms with Gasteiger partial charge in [-0.3, -0.25) is 9.69 Å². The van der Waals surface area contributed by atoms with Crippen molar-refractivity contribution < 1.29 is 14.3 Å². The van der Waals surface area contributed by atoms with Gasteiger partial charge in [-0.1, -0.05) is 54.6 Å². The number of imide groups is 1. The largest absolute Gasteiger partial charge is 0.439 e. The van der Waals surface area contributed by atoms with Gasteiger partial charge in [0.15, 0.2) is 6.61 Å². The van der Waals surface area contributed by atoms with Gasteiger partial charge >= 0.3 is 6.09 Å². The van der Waals surface area contributed by atoms with Gasteiger partial charge in [0.25, 0.3) is 5.91 Å². The molecule has 4 rings (SSSR count). The molecule has 2 aliphatic rings. The third-order valence-corrected chi connectivity index (χ3v) is 5.78. The second kappa shape index (κ2) is 8.57. The number of rotatable bonds is 6. The number of piperidine rings is 1. The molecule has 0 aliphatic carbocycles. The van der Waals surface area contributed by atoms with Crippen LogP contribution in [0.25, 0.3) is 11.1 Å². The minimum Gasteiger partial charge on any atom is -0.439 e. The van der Waals surface area contributed by atoms with Gasteiger partial charge in [-0.15, -0.1) is 0 Å². The van der Waals surface area contributed by atoms with E-state index in [0.29, 0.717) is 12.5 Å². The minimum atomic E-state index is -0.485. The van der Waals surface area contributed by atoms with Crippen LogP contribution in [-0.4, -0.2) is 48.0 Å². The molecule has 0 saturated carbocycles. The van der Waals surface area contributed by atoms with Crippen molar-refractivity contribution >= 4 is 12.0 Å². The highest BCUT2D eigenvalue weighted by Crippen LogP contribution is 2.24. The molecule has 146 valence electrons. The Labute approximate surface area is 165 Å². The van der Waals surface area contributed by atoms with E-state index in [9.17, 15) is 9.59 Å². The fourth-order valence-electron chi connectivity index (χ4n) is 4.03. The molecule has 5 nitrogen and oxygen atoms in total. The van der Waals surface area contributed by atoms with Crippen molar-refractivity contribution in [3.63, 3.8) is 0 Å². The Hall–Kier alpha value is -2.66.